The fourth-order valence-corrected chi connectivity index (χ4v) is 4.20. The van der Waals surface area contributed by atoms with Crippen LogP contribution in [0.3, 0.4) is 0 Å². The Morgan fingerprint density at radius 1 is 1.14 bits per heavy atom. The van der Waals surface area contributed by atoms with Crippen molar-refractivity contribution in [3.63, 3.8) is 0 Å². The molecule has 3 atom stereocenters. The van der Waals surface area contributed by atoms with Gasteiger partial charge in [0.15, 0.2) is 0 Å². The minimum atomic E-state index is -0.260. The maximum Gasteiger partial charge on any atom is 0.334 e. The average Bonchev–Trinajstić information content (AvgIpc) is 3.21. The summed E-state index contributed by atoms with van der Waals surface area (Å²) in [5, 5.41) is 0.906. The lowest BCUT2D eigenvalue weighted by molar-refractivity contribution is -0.120. The Morgan fingerprint density at radius 2 is 2.00 bits per heavy atom. The highest BCUT2D eigenvalue weighted by molar-refractivity contribution is 6.21. The van der Waals surface area contributed by atoms with Crippen molar-refractivity contribution in [3.8, 4) is 0 Å². The van der Waals surface area contributed by atoms with Crippen LogP contribution in [0.15, 0.2) is 34.7 Å². The number of benzene rings is 1. The number of imide groups is 1. The normalized spacial score (nSPS) is 30.8. The summed E-state index contributed by atoms with van der Waals surface area (Å²) in [5.74, 6) is 0.562. The van der Waals surface area contributed by atoms with Gasteiger partial charge in [-0.2, -0.15) is 4.90 Å². The fraction of sp³-hybridized carbons (Fsp3) is 0.375. The second kappa shape index (κ2) is 3.67. The Morgan fingerprint density at radius 3 is 2.81 bits per heavy atom. The van der Waals surface area contributed by atoms with Gasteiger partial charge in [-0.15, -0.1) is 0 Å². The predicted molar refractivity (Wildman–Crippen MR) is 75.9 cm³/mol. The Kier molecular flexibility index (Phi) is 1.98. The summed E-state index contributed by atoms with van der Waals surface area (Å²) in [7, 11) is 0. The lowest BCUT2D eigenvalue weighted by Crippen LogP contribution is -2.40. The number of fused-ring (bicyclic) bond motifs is 6. The van der Waals surface area contributed by atoms with E-state index >= 15 is 0 Å². The molecule has 0 spiro atoms. The van der Waals surface area contributed by atoms with Gasteiger partial charge in [-0.1, -0.05) is 18.2 Å². The molecule has 5 heteroatoms. The number of piperidine rings is 1. The topological polar surface area (TPSA) is 53.8 Å². The highest BCUT2D eigenvalue weighted by atomic mass is 16.4. The lowest BCUT2D eigenvalue weighted by atomic mass is 9.99. The van der Waals surface area contributed by atoms with Crippen LogP contribution in [0.25, 0.3) is 11.0 Å². The van der Waals surface area contributed by atoms with E-state index in [9.17, 15) is 9.59 Å². The van der Waals surface area contributed by atoms with Crippen molar-refractivity contribution in [3.05, 3.63) is 30.3 Å². The van der Waals surface area contributed by atoms with E-state index in [1.807, 2.05) is 24.3 Å². The van der Waals surface area contributed by atoms with E-state index in [1.54, 1.807) is 11.0 Å². The number of furan rings is 1. The molecule has 2 aliphatic heterocycles. The van der Waals surface area contributed by atoms with E-state index in [4.69, 9.17) is 4.42 Å². The molecule has 5 nitrogen and oxygen atoms in total. The molecular formula is C16H14N2O3. The van der Waals surface area contributed by atoms with Gasteiger partial charge >= 0.3 is 6.03 Å². The molecule has 0 radical (unpaired) electrons. The summed E-state index contributed by atoms with van der Waals surface area (Å²) in [6.07, 6.45) is 3.06. The number of para-hydroxylation sites is 1. The lowest BCUT2D eigenvalue weighted by Gasteiger charge is -2.25. The Hall–Kier alpha value is -2.30. The molecular weight excluding hydrogens is 268 g/mol. The second-order valence-electron chi connectivity index (χ2n) is 6.16. The molecule has 3 heterocycles. The SMILES string of the molecule is O=C1[C@@H]2[C@@H]3CC[C@@H](C3)N2C(=O)N1c1cc2ccccc2o1. The minimum Gasteiger partial charge on any atom is -0.440 e. The summed E-state index contributed by atoms with van der Waals surface area (Å²) < 4.78 is 5.71. The van der Waals surface area contributed by atoms with Crippen LogP contribution in [0.2, 0.25) is 0 Å². The number of hydrogen-bond donors (Lipinski definition) is 0. The molecule has 1 saturated carbocycles. The van der Waals surface area contributed by atoms with Crippen LogP contribution in [-0.2, 0) is 4.79 Å². The number of carbonyl (C=O) groups excluding carboxylic acids is 2. The first-order valence-electron chi connectivity index (χ1n) is 7.39. The highest BCUT2D eigenvalue weighted by Crippen LogP contribution is 2.47. The molecule has 2 saturated heterocycles. The van der Waals surface area contributed by atoms with Crippen molar-refractivity contribution in [2.45, 2.75) is 31.3 Å². The third-order valence-corrected chi connectivity index (χ3v) is 5.10. The number of urea groups is 1. The summed E-state index contributed by atoms with van der Waals surface area (Å²) >= 11 is 0. The number of anilines is 1. The van der Waals surface area contributed by atoms with Crippen LogP contribution in [0, 0.1) is 5.92 Å². The van der Waals surface area contributed by atoms with Crippen LogP contribution >= 0.6 is 0 Å². The zero-order valence-corrected chi connectivity index (χ0v) is 11.4. The fourth-order valence-electron chi connectivity index (χ4n) is 4.20. The maximum absolute atomic E-state index is 12.7. The molecule has 1 aromatic carbocycles. The molecule has 106 valence electrons. The second-order valence-corrected chi connectivity index (χ2v) is 6.16. The molecule has 2 aromatic rings. The van der Waals surface area contributed by atoms with E-state index in [2.05, 4.69) is 0 Å². The van der Waals surface area contributed by atoms with Crippen molar-refractivity contribution in [2.75, 3.05) is 4.90 Å². The third-order valence-electron chi connectivity index (χ3n) is 5.10. The van der Waals surface area contributed by atoms with Crippen molar-refractivity contribution in [2.24, 2.45) is 5.92 Å². The standard InChI is InChI=1S/C16H14N2O3/c19-15-14-10-5-6-11(7-10)17(14)16(20)18(15)13-8-9-3-1-2-4-12(9)21-13/h1-4,8,10-11,14H,5-7H2/t10-,11+,14+/m1/s1. The van der Waals surface area contributed by atoms with E-state index < -0.39 is 0 Å². The Balaban J connectivity index is 1.60. The summed E-state index contributed by atoms with van der Waals surface area (Å²) in [6, 6.07) is 9.09. The van der Waals surface area contributed by atoms with Crippen LogP contribution in [0.1, 0.15) is 19.3 Å². The maximum atomic E-state index is 12.7. The van der Waals surface area contributed by atoms with E-state index in [0.717, 1.165) is 24.6 Å². The molecule has 3 aliphatic rings. The number of carbonyl (C=O) groups is 2. The zero-order chi connectivity index (χ0) is 14.1. The Bertz CT molecular complexity index is 720. The molecule has 0 unspecified atom stereocenters. The zero-order valence-electron chi connectivity index (χ0n) is 11.4. The van der Waals surface area contributed by atoms with Gasteiger partial charge in [-0.05, 0) is 31.2 Å². The molecule has 2 bridgehead atoms. The smallest absolute Gasteiger partial charge is 0.334 e. The molecule has 3 amide bonds. The summed E-state index contributed by atoms with van der Waals surface area (Å²) in [4.78, 5) is 28.3. The quantitative estimate of drug-likeness (QED) is 0.756. The van der Waals surface area contributed by atoms with Gasteiger partial charge < -0.3 is 9.32 Å². The van der Waals surface area contributed by atoms with Gasteiger partial charge in [0, 0.05) is 17.5 Å². The molecule has 5 rings (SSSR count). The van der Waals surface area contributed by atoms with Gasteiger partial charge in [0.2, 0.25) is 5.88 Å². The van der Waals surface area contributed by atoms with Gasteiger partial charge in [0.25, 0.3) is 5.91 Å². The van der Waals surface area contributed by atoms with Gasteiger partial charge in [0.05, 0.1) is 0 Å². The van der Waals surface area contributed by atoms with Crippen LogP contribution in [-0.4, -0.2) is 28.9 Å². The molecule has 1 aromatic heterocycles. The largest absolute Gasteiger partial charge is 0.440 e. The van der Waals surface area contributed by atoms with Crippen molar-refractivity contribution in [1.29, 1.82) is 0 Å². The van der Waals surface area contributed by atoms with Crippen molar-refractivity contribution >= 4 is 28.8 Å². The van der Waals surface area contributed by atoms with E-state index in [1.165, 1.54) is 4.90 Å². The first kappa shape index (κ1) is 11.4. The van der Waals surface area contributed by atoms with Gasteiger partial charge in [-0.25, -0.2) is 4.79 Å². The predicted octanol–water partition coefficient (Wildman–Crippen LogP) is 2.75. The van der Waals surface area contributed by atoms with Crippen molar-refractivity contribution in [1.82, 2.24) is 4.90 Å². The average molecular weight is 282 g/mol. The van der Waals surface area contributed by atoms with Crippen LogP contribution < -0.4 is 4.90 Å². The van der Waals surface area contributed by atoms with E-state index in [0.29, 0.717) is 17.4 Å². The Labute approximate surface area is 121 Å². The first-order chi connectivity index (χ1) is 10.2. The number of nitrogens with zero attached hydrogens (tertiary/aromatic N) is 2. The minimum absolute atomic E-state index is 0.119. The summed E-state index contributed by atoms with van der Waals surface area (Å²) in [5.41, 5.74) is 0.697. The number of rotatable bonds is 1. The van der Waals surface area contributed by atoms with Gasteiger partial charge in [0.1, 0.15) is 11.6 Å². The number of amides is 3. The number of hydrogen-bond acceptors (Lipinski definition) is 3. The molecule has 0 N–H and O–H groups in total. The van der Waals surface area contributed by atoms with Crippen LogP contribution in [0.4, 0.5) is 10.7 Å². The third kappa shape index (κ3) is 1.31. The highest BCUT2D eigenvalue weighted by Gasteiger charge is 2.59. The monoisotopic (exact) mass is 282 g/mol. The summed E-state index contributed by atoms with van der Waals surface area (Å²) in [6.45, 7) is 0. The van der Waals surface area contributed by atoms with Gasteiger partial charge in [-0.3, -0.25) is 4.79 Å². The molecule has 1 aliphatic carbocycles. The first-order valence-corrected chi connectivity index (χ1v) is 7.39. The van der Waals surface area contributed by atoms with Crippen LogP contribution in [0.5, 0.6) is 0 Å². The van der Waals surface area contributed by atoms with Crippen molar-refractivity contribution < 1.29 is 14.0 Å². The molecule has 3 fully saturated rings. The molecule has 21 heavy (non-hydrogen) atoms. The van der Waals surface area contributed by atoms with E-state index in [-0.39, 0.29) is 24.0 Å².